The summed E-state index contributed by atoms with van der Waals surface area (Å²) in [6.07, 6.45) is 9.90. The molecule has 3 atom stereocenters. The van der Waals surface area contributed by atoms with E-state index in [1.54, 1.807) is 6.20 Å². The molecule has 2 saturated carbocycles. The Balaban J connectivity index is 1.04. The van der Waals surface area contributed by atoms with Gasteiger partial charge in [-0.2, -0.15) is 0 Å². The predicted molar refractivity (Wildman–Crippen MR) is 247 cm³/mol. The summed E-state index contributed by atoms with van der Waals surface area (Å²) in [5, 5.41) is 3.46. The lowest BCUT2D eigenvalue weighted by Gasteiger charge is -2.61. The Labute approximate surface area is 368 Å². The second kappa shape index (κ2) is 18.0. The van der Waals surface area contributed by atoms with E-state index in [2.05, 4.69) is 58.8 Å². The molecule has 1 amide bonds. The van der Waals surface area contributed by atoms with Gasteiger partial charge in [0.25, 0.3) is 5.91 Å². The molecule has 1 aliphatic heterocycles. The Bertz CT molecular complexity index is 2400. The second-order valence-electron chi connectivity index (χ2n) is 19.4. The number of amides is 1. The van der Waals surface area contributed by atoms with E-state index in [1.165, 1.54) is 17.5 Å². The molecule has 3 aromatic heterocycles. The van der Waals surface area contributed by atoms with Gasteiger partial charge in [0.15, 0.2) is 11.4 Å². The van der Waals surface area contributed by atoms with E-state index in [-0.39, 0.29) is 39.6 Å². The maximum absolute atomic E-state index is 13.6. The number of carbonyl (C=O) groups is 2. The molecule has 7 rings (SSSR count). The van der Waals surface area contributed by atoms with E-state index >= 15 is 0 Å². The molecule has 62 heavy (non-hydrogen) atoms. The highest BCUT2D eigenvalue weighted by atomic mass is 32.1. The number of likely N-dealkylation sites (N-methyl/N-ethyl adjacent to an activating group) is 1. The number of aldehydes is 1. The number of allylic oxidation sites excluding steroid dienone is 1. The van der Waals surface area contributed by atoms with Crippen LogP contribution in [-0.2, 0) is 22.3 Å². The topological polar surface area (TPSA) is 196 Å². The molecule has 1 aromatic carbocycles. The average Bonchev–Trinajstić information content (AvgIpc) is 3.60. The average molecular weight is 885 g/mol. The van der Waals surface area contributed by atoms with Crippen LogP contribution >= 0.6 is 18.9 Å². The zero-order valence-electron chi connectivity index (χ0n) is 36.8. The van der Waals surface area contributed by atoms with E-state index in [1.807, 2.05) is 50.4 Å². The first-order chi connectivity index (χ1) is 29.3. The number of benzene rings is 1. The van der Waals surface area contributed by atoms with Crippen molar-refractivity contribution in [3.05, 3.63) is 82.8 Å². The molecule has 332 valence electrons. The van der Waals surface area contributed by atoms with Gasteiger partial charge in [-0.25, -0.2) is 15.0 Å². The highest BCUT2D eigenvalue weighted by Gasteiger charge is 2.58. The van der Waals surface area contributed by atoms with Gasteiger partial charge >= 0.3 is 7.60 Å². The molecular weight excluding hydrogens is 824 g/mol. The lowest BCUT2D eigenvalue weighted by molar-refractivity contribution is -0.190. The van der Waals surface area contributed by atoms with Gasteiger partial charge in [-0.15, -0.1) is 0 Å². The first-order valence-electron chi connectivity index (χ1n) is 21.5. The molecule has 3 unspecified atom stereocenters. The molecular formula is C46H61N8O6PS. The SMILES string of the molecule is CC(=NCC1(C)CC2(C)CC(C)(C)CC(OCCN(C)CCCP(=O)(O)O)(C1)C2)C(=CN)c1ccc(N2CCc3cccc(C(=O)Nc4nc5cccnc5s4)c3C2)nc1C=O. The van der Waals surface area contributed by atoms with Gasteiger partial charge in [0.05, 0.1) is 18.4 Å². The van der Waals surface area contributed by atoms with Crippen LogP contribution in [-0.4, -0.2) is 99.1 Å². The molecule has 0 spiro atoms. The van der Waals surface area contributed by atoms with Crippen LogP contribution in [0.3, 0.4) is 0 Å². The van der Waals surface area contributed by atoms with Gasteiger partial charge in [0, 0.05) is 61.0 Å². The number of hydrogen-bond donors (Lipinski definition) is 4. The lowest BCUT2D eigenvalue weighted by atomic mass is 9.48. The Morgan fingerprint density at radius 3 is 2.60 bits per heavy atom. The van der Waals surface area contributed by atoms with Crippen LogP contribution in [0.15, 0.2) is 59.9 Å². The standard InChI is InChI=1S/C46H61N8O6PS/c1-31(49-30-45(5)27-44(4)25-43(2,3)26-46(28-44,29-45)60-20-19-53(6)17-9-21-61(57,58)59)35(22-47)33-13-14-39(50-38(33)24-55)54-18-15-32-10-7-11-34(36(32)23-54)40(56)52-42-51-37-12-8-16-48-41(37)62-42/h7-8,10-14,16,22,24H,9,15,17-21,23,25-30,47H2,1-6H3,(H,51,52,56)(H2,57,58,59). The lowest BCUT2D eigenvalue weighted by Crippen LogP contribution is -2.57. The molecule has 0 radical (unpaired) electrons. The number of fused-ring (bicyclic) bond motifs is 4. The van der Waals surface area contributed by atoms with Crippen molar-refractivity contribution in [3.63, 3.8) is 0 Å². The van der Waals surface area contributed by atoms with Gasteiger partial charge in [-0.05, 0) is 123 Å². The number of nitrogens with zero attached hydrogens (tertiary/aromatic N) is 6. The molecule has 2 fully saturated rings. The third-order valence-corrected chi connectivity index (χ3v) is 14.5. The highest BCUT2D eigenvalue weighted by Crippen LogP contribution is 2.63. The minimum absolute atomic E-state index is 0.0676. The molecule has 0 saturated heterocycles. The van der Waals surface area contributed by atoms with Crippen LogP contribution in [0.5, 0.6) is 0 Å². The minimum atomic E-state index is -4.01. The predicted octanol–water partition coefficient (Wildman–Crippen LogP) is 7.75. The van der Waals surface area contributed by atoms with E-state index in [4.69, 9.17) is 20.4 Å². The number of anilines is 2. The summed E-state index contributed by atoms with van der Waals surface area (Å²) in [4.78, 5) is 68.7. The summed E-state index contributed by atoms with van der Waals surface area (Å²) < 4.78 is 18.2. The number of hydrogen-bond acceptors (Lipinski definition) is 12. The van der Waals surface area contributed by atoms with Crippen molar-refractivity contribution < 1.29 is 28.7 Å². The zero-order chi connectivity index (χ0) is 44.5. The molecule has 5 N–H and O–H groups in total. The maximum Gasteiger partial charge on any atom is 0.325 e. The van der Waals surface area contributed by atoms with Crippen LogP contribution in [0.4, 0.5) is 10.9 Å². The number of rotatable bonds is 16. The smallest absolute Gasteiger partial charge is 0.325 e. The number of thiazole rings is 1. The summed E-state index contributed by atoms with van der Waals surface area (Å²) >= 11 is 1.33. The Morgan fingerprint density at radius 1 is 1.05 bits per heavy atom. The number of carbonyl (C=O) groups excluding carboxylic acids is 2. The van der Waals surface area contributed by atoms with Gasteiger partial charge < -0.3 is 30.1 Å². The van der Waals surface area contributed by atoms with Gasteiger partial charge in [-0.3, -0.25) is 24.5 Å². The van der Waals surface area contributed by atoms with Crippen LogP contribution in [0.1, 0.15) is 111 Å². The molecule has 4 heterocycles. The summed E-state index contributed by atoms with van der Waals surface area (Å²) in [5.41, 5.74) is 11.6. The van der Waals surface area contributed by atoms with E-state index in [0.717, 1.165) is 65.6 Å². The first kappa shape index (κ1) is 45.6. The van der Waals surface area contributed by atoms with Crippen molar-refractivity contribution in [2.45, 2.75) is 91.7 Å². The number of pyridine rings is 2. The number of aliphatic imine (C=N–C) groups is 1. The normalized spacial score (nSPS) is 24.0. The Kier molecular flexibility index (Phi) is 13.3. The van der Waals surface area contributed by atoms with Crippen molar-refractivity contribution in [3.8, 4) is 0 Å². The number of nitrogens with one attached hydrogen (secondary N) is 1. The molecule has 2 aliphatic carbocycles. The van der Waals surface area contributed by atoms with Gasteiger partial charge in [0.2, 0.25) is 0 Å². The van der Waals surface area contributed by atoms with Crippen molar-refractivity contribution in [1.82, 2.24) is 19.9 Å². The van der Waals surface area contributed by atoms with E-state index in [0.29, 0.717) is 79.8 Å². The summed E-state index contributed by atoms with van der Waals surface area (Å²) in [6, 6.07) is 13.3. The van der Waals surface area contributed by atoms with Crippen molar-refractivity contribution in [1.29, 1.82) is 0 Å². The minimum Gasteiger partial charge on any atom is -0.404 e. The zero-order valence-corrected chi connectivity index (χ0v) is 38.5. The molecule has 2 bridgehead atoms. The van der Waals surface area contributed by atoms with Gasteiger partial charge in [0.1, 0.15) is 21.9 Å². The Hall–Kier alpha value is -4.37. The quantitative estimate of drug-likeness (QED) is 0.0486. The van der Waals surface area contributed by atoms with Crippen LogP contribution in [0.25, 0.3) is 15.9 Å². The molecule has 14 nitrogen and oxygen atoms in total. The third kappa shape index (κ3) is 10.7. The summed E-state index contributed by atoms with van der Waals surface area (Å²) in [6.45, 7) is 14.8. The third-order valence-electron chi connectivity index (χ3n) is 12.7. The number of ether oxygens (including phenoxy) is 1. The molecule has 4 aromatic rings. The fraction of sp³-hybridized carbons (Fsp3) is 0.522. The maximum atomic E-state index is 13.6. The summed E-state index contributed by atoms with van der Waals surface area (Å²) in [5.74, 6) is 0.395. The van der Waals surface area contributed by atoms with Crippen LogP contribution in [0, 0.1) is 16.2 Å². The van der Waals surface area contributed by atoms with Gasteiger partial charge in [-0.1, -0.05) is 51.2 Å². The highest BCUT2D eigenvalue weighted by molar-refractivity contribution is 7.51. The van der Waals surface area contributed by atoms with E-state index < -0.39 is 7.60 Å². The molecule has 16 heteroatoms. The fourth-order valence-electron chi connectivity index (χ4n) is 11.2. The Morgan fingerprint density at radius 2 is 1.85 bits per heavy atom. The van der Waals surface area contributed by atoms with Crippen LogP contribution < -0.4 is 16.0 Å². The fourth-order valence-corrected chi connectivity index (χ4v) is 12.5. The van der Waals surface area contributed by atoms with Crippen LogP contribution in [0.2, 0.25) is 0 Å². The van der Waals surface area contributed by atoms with Crippen molar-refractivity contribution in [2.24, 2.45) is 27.0 Å². The number of nitrogens with two attached hydrogens (primary N) is 1. The van der Waals surface area contributed by atoms with E-state index in [9.17, 15) is 23.9 Å². The monoisotopic (exact) mass is 884 g/mol. The molecule has 3 aliphatic rings. The summed E-state index contributed by atoms with van der Waals surface area (Å²) in [7, 11) is -2.04. The second-order valence-corrected chi connectivity index (χ2v) is 22.1. The van der Waals surface area contributed by atoms with Crippen molar-refractivity contribution in [2.75, 3.05) is 56.2 Å². The number of aromatic nitrogens is 3. The first-order valence-corrected chi connectivity index (χ1v) is 24.1. The largest absolute Gasteiger partial charge is 0.404 e. The van der Waals surface area contributed by atoms with Crippen molar-refractivity contribution >= 4 is 63.7 Å².